The Morgan fingerprint density at radius 3 is 2.69 bits per heavy atom. The molecular formula is C10H12FNS. The fourth-order valence-electron chi connectivity index (χ4n) is 1.42. The van der Waals surface area contributed by atoms with E-state index in [4.69, 9.17) is 5.73 Å². The highest BCUT2D eigenvalue weighted by atomic mass is 32.2. The third kappa shape index (κ3) is 1.58. The van der Waals surface area contributed by atoms with Gasteiger partial charge in [-0.3, -0.25) is 0 Å². The van der Waals surface area contributed by atoms with E-state index in [9.17, 15) is 4.39 Å². The molecule has 1 saturated carbocycles. The number of benzene rings is 1. The van der Waals surface area contributed by atoms with Gasteiger partial charge in [-0.25, -0.2) is 4.39 Å². The summed E-state index contributed by atoms with van der Waals surface area (Å²) in [5.41, 5.74) is 6.26. The summed E-state index contributed by atoms with van der Waals surface area (Å²) in [6, 6.07) is 5.16. The van der Waals surface area contributed by atoms with Gasteiger partial charge >= 0.3 is 0 Å². The normalized spacial score (nSPS) is 18.7. The number of thioether (sulfide) groups is 1. The van der Waals surface area contributed by atoms with Crippen LogP contribution in [-0.2, 0) is 5.54 Å². The van der Waals surface area contributed by atoms with Gasteiger partial charge in [0, 0.05) is 16.0 Å². The van der Waals surface area contributed by atoms with E-state index >= 15 is 0 Å². The highest BCUT2D eigenvalue weighted by Gasteiger charge is 2.42. The largest absolute Gasteiger partial charge is 0.321 e. The minimum absolute atomic E-state index is 0.169. The Balaban J connectivity index is 2.43. The summed E-state index contributed by atoms with van der Waals surface area (Å²) in [5.74, 6) is -0.169. The molecule has 0 unspecified atom stereocenters. The molecule has 1 aromatic rings. The lowest BCUT2D eigenvalue weighted by atomic mass is 10.1. The summed E-state index contributed by atoms with van der Waals surface area (Å²) >= 11 is 1.61. The first kappa shape index (κ1) is 9.03. The van der Waals surface area contributed by atoms with Gasteiger partial charge in [0.1, 0.15) is 5.82 Å². The van der Waals surface area contributed by atoms with E-state index in [1.165, 1.54) is 6.07 Å². The van der Waals surface area contributed by atoms with Crippen LogP contribution in [0.2, 0.25) is 0 Å². The van der Waals surface area contributed by atoms with Gasteiger partial charge in [0.2, 0.25) is 0 Å². The van der Waals surface area contributed by atoms with Crippen LogP contribution in [0, 0.1) is 5.82 Å². The van der Waals surface area contributed by atoms with Crippen LogP contribution in [0.1, 0.15) is 18.4 Å². The van der Waals surface area contributed by atoms with Crippen molar-refractivity contribution < 1.29 is 4.39 Å². The summed E-state index contributed by atoms with van der Waals surface area (Å²) in [4.78, 5) is 1.08. The third-order valence-electron chi connectivity index (χ3n) is 2.50. The minimum Gasteiger partial charge on any atom is -0.321 e. The van der Waals surface area contributed by atoms with Crippen molar-refractivity contribution in [2.24, 2.45) is 5.73 Å². The Bertz CT molecular complexity index is 334. The molecule has 13 heavy (non-hydrogen) atoms. The fraction of sp³-hybridized carbons (Fsp3) is 0.400. The van der Waals surface area contributed by atoms with Crippen molar-refractivity contribution in [2.45, 2.75) is 23.3 Å². The number of hydrogen-bond donors (Lipinski definition) is 1. The molecule has 2 N–H and O–H groups in total. The van der Waals surface area contributed by atoms with Gasteiger partial charge in [0.05, 0.1) is 0 Å². The van der Waals surface area contributed by atoms with Gasteiger partial charge < -0.3 is 5.73 Å². The molecule has 1 fully saturated rings. The van der Waals surface area contributed by atoms with Crippen LogP contribution < -0.4 is 5.73 Å². The highest BCUT2D eigenvalue weighted by Crippen LogP contribution is 2.44. The predicted octanol–water partition coefficient (Wildman–Crippen LogP) is 2.50. The smallest absolute Gasteiger partial charge is 0.128 e. The molecule has 2 rings (SSSR count). The second kappa shape index (κ2) is 3.00. The second-order valence-corrected chi connectivity index (χ2v) is 4.38. The zero-order valence-corrected chi connectivity index (χ0v) is 8.33. The standard InChI is InChI=1S/C10H12FNS/c1-13-7-2-3-9(11)8(6-7)10(12)4-5-10/h2-3,6H,4-5,12H2,1H3. The van der Waals surface area contributed by atoms with Crippen molar-refractivity contribution in [3.8, 4) is 0 Å². The van der Waals surface area contributed by atoms with Crippen LogP contribution in [0.4, 0.5) is 4.39 Å². The van der Waals surface area contributed by atoms with Crippen molar-refractivity contribution in [3.05, 3.63) is 29.6 Å². The lowest BCUT2D eigenvalue weighted by Crippen LogP contribution is -2.20. The molecule has 0 atom stereocenters. The van der Waals surface area contributed by atoms with Gasteiger partial charge in [-0.1, -0.05) is 0 Å². The van der Waals surface area contributed by atoms with E-state index in [1.54, 1.807) is 17.8 Å². The molecule has 1 aliphatic rings. The maximum absolute atomic E-state index is 13.4. The van der Waals surface area contributed by atoms with Gasteiger partial charge in [0.15, 0.2) is 0 Å². The molecule has 3 heteroatoms. The minimum atomic E-state index is -0.365. The van der Waals surface area contributed by atoms with E-state index in [0.29, 0.717) is 5.56 Å². The molecule has 0 radical (unpaired) electrons. The van der Waals surface area contributed by atoms with Crippen LogP contribution in [-0.4, -0.2) is 6.26 Å². The van der Waals surface area contributed by atoms with E-state index in [2.05, 4.69) is 0 Å². The second-order valence-electron chi connectivity index (χ2n) is 3.50. The van der Waals surface area contributed by atoms with Crippen molar-refractivity contribution in [2.75, 3.05) is 6.26 Å². The first-order valence-electron chi connectivity index (χ1n) is 4.29. The topological polar surface area (TPSA) is 26.0 Å². The molecule has 0 saturated heterocycles. The molecule has 70 valence electrons. The van der Waals surface area contributed by atoms with Gasteiger partial charge in [-0.15, -0.1) is 11.8 Å². The van der Waals surface area contributed by atoms with Gasteiger partial charge in [-0.05, 0) is 37.3 Å². The monoisotopic (exact) mass is 197 g/mol. The Hall–Kier alpha value is -0.540. The number of nitrogens with two attached hydrogens (primary N) is 1. The molecule has 0 aliphatic heterocycles. The lowest BCUT2D eigenvalue weighted by Gasteiger charge is -2.11. The zero-order valence-electron chi connectivity index (χ0n) is 7.51. The number of hydrogen-bond acceptors (Lipinski definition) is 2. The molecule has 1 aromatic carbocycles. The van der Waals surface area contributed by atoms with E-state index in [0.717, 1.165) is 17.7 Å². The third-order valence-corrected chi connectivity index (χ3v) is 3.22. The Morgan fingerprint density at radius 2 is 2.15 bits per heavy atom. The summed E-state index contributed by atoms with van der Waals surface area (Å²) in [7, 11) is 0. The van der Waals surface area contributed by atoms with E-state index in [1.807, 2.05) is 12.3 Å². The Morgan fingerprint density at radius 1 is 1.46 bits per heavy atom. The first-order valence-corrected chi connectivity index (χ1v) is 5.51. The summed E-state index contributed by atoms with van der Waals surface area (Å²) in [6.07, 6.45) is 3.79. The van der Waals surface area contributed by atoms with Crippen LogP contribution in [0.25, 0.3) is 0 Å². The number of halogens is 1. The van der Waals surface area contributed by atoms with Crippen LogP contribution in [0.3, 0.4) is 0 Å². The molecule has 1 nitrogen and oxygen atoms in total. The summed E-state index contributed by atoms with van der Waals surface area (Å²) < 4.78 is 13.4. The number of rotatable bonds is 2. The van der Waals surface area contributed by atoms with E-state index in [-0.39, 0.29) is 11.4 Å². The fourth-order valence-corrected chi connectivity index (χ4v) is 1.86. The molecule has 0 heterocycles. The molecule has 0 amide bonds. The first-order chi connectivity index (χ1) is 6.15. The van der Waals surface area contributed by atoms with Crippen molar-refractivity contribution in [1.82, 2.24) is 0 Å². The quantitative estimate of drug-likeness (QED) is 0.737. The lowest BCUT2D eigenvalue weighted by molar-refractivity contribution is 0.576. The molecule has 0 aromatic heterocycles. The predicted molar refractivity (Wildman–Crippen MR) is 53.3 cm³/mol. The Labute approximate surface area is 81.5 Å². The van der Waals surface area contributed by atoms with Crippen molar-refractivity contribution in [3.63, 3.8) is 0 Å². The zero-order chi connectivity index (χ0) is 9.47. The summed E-state index contributed by atoms with van der Waals surface area (Å²) in [6.45, 7) is 0. The highest BCUT2D eigenvalue weighted by molar-refractivity contribution is 7.98. The molecule has 0 bridgehead atoms. The van der Waals surface area contributed by atoms with Crippen LogP contribution in [0.15, 0.2) is 23.1 Å². The average Bonchev–Trinajstić information content (AvgIpc) is 2.86. The maximum atomic E-state index is 13.4. The van der Waals surface area contributed by atoms with Gasteiger partial charge in [-0.2, -0.15) is 0 Å². The average molecular weight is 197 g/mol. The van der Waals surface area contributed by atoms with Crippen LogP contribution in [0.5, 0.6) is 0 Å². The van der Waals surface area contributed by atoms with Crippen molar-refractivity contribution in [1.29, 1.82) is 0 Å². The summed E-state index contributed by atoms with van der Waals surface area (Å²) in [5, 5.41) is 0. The molecule has 1 aliphatic carbocycles. The van der Waals surface area contributed by atoms with Crippen molar-refractivity contribution >= 4 is 11.8 Å². The molecular weight excluding hydrogens is 185 g/mol. The molecule has 0 spiro atoms. The van der Waals surface area contributed by atoms with E-state index < -0.39 is 0 Å². The van der Waals surface area contributed by atoms with Gasteiger partial charge in [0.25, 0.3) is 0 Å². The maximum Gasteiger partial charge on any atom is 0.128 e. The van der Waals surface area contributed by atoms with Crippen LogP contribution >= 0.6 is 11.8 Å². The Kier molecular flexibility index (Phi) is 2.08. The SMILES string of the molecule is CSc1ccc(F)c(C2(N)CC2)c1.